The molecule has 8 nitrogen and oxygen atoms in total. The summed E-state index contributed by atoms with van der Waals surface area (Å²) in [6.07, 6.45) is 6.83. The van der Waals surface area contributed by atoms with Crippen molar-refractivity contribution in [3.05, 3.63) is 54.4 Å². The lowest BCUT2D eigenvalue weighted by atomic mass is 9.82. The minimum absolute atomic E-state index is 0.221. The molecule has 2 heterocycles. The molecule has 1 aromatic carbocycles. The van der Waals surface area contributed by atoms with Gasteiger partial charge in [0.2, 0.25) is 5.88 Å². The molecule has 0 aliphatic heterocycles. The van der Waals surface area contributed by atoms with Crippen molar-refractivity contribution >= 4 is 5.97 Å². The van der Waals surface area contributed by atoms with E-state index in [2.05, 4.69) is 21.8 Å². The lowest BCUT2D eigenvalue weighted by Crippen LogP contribution is -2.24. The van der Waals surface area contributed by atoms with Gasteiger partial charge in [0.25, 0.3) is 0 Å². The van der Waals surface area contributed by atoms with Crippen molar-refractivity contribution < 1.29 is 24.1 Å². The molecular formula is C28H35N3O5. The molecule has 1 fully saturated rings. The van der Waals surface area contributed by atoms with Crippen LogP contribution in [0.4, 0.5) is 0 Å². The summed E-state index contributed by atoms with van der Waals surface area (Å²) in [5.74, 6) is 0.595. The van der Waals surface area contributed by atoms with E-state index in [1.54, 1.807) is 14.2 Å². The zero-order valence-corrected chi connectivity index (χ0v) is 21.1. The highest BCUT2D eigenvalue weighted by Gasteiger charge is 2.26. The summed E-state index contributed by atoms with van der Waals surface area (Å²) in [6, 6.07) is 14.2. The number of carboxylic acid groups (broad SMARTS) is 1. The average Bonchev–Trinajstić information content (AvgIpc) is 3.26. The number of hydrogen-bond donors (Lipinski definition) is 1. The zero-order valence-electron chi connectivity index (χ0n) is 21.1. The van der Waals surface area contributed by atoms with E-state index < -0.39 is 5.97 Å². The summed E-state index contributed by atoms with van der Waals surface area (Å²) in [6.45, 7) is 1.74. The van der Waals surface area contributed by atoms with Gasteiger partial charge in [-0.15, -0.1) is 0 Å². The summed E-state index contributed by atoms with van der Waals surface area (Å²) in [5, 5.41) is 13.9. The Kier molecular flexibility index (Phi) is 9.08. The second-order valence-corrected chi connectivity index (χ2v) is 9.35. The lowest BCUT2D eigenvalue weighted by molar-refractivity contribution is -0.142. The minimum Gasteiger partial charge on any atom is -0.481 e. The molecule has 2 aromatic heterocycles. The molecule has 8 heteroatoms. The first-order valence-electron chi connectivity index (χ1n) is 12.5. The Hall–Kier alpha value is -3.23. The standard InChI is InChI=1S/C28H35N3O5/c1-34-15-14-24-27(23-12-13-25(35-2)29-16-23)28(22-6-4-3-5-7-22)30-31(24)17-20-8-10-21(11-9-20)18-36-19-26(32)33/h3-7,12-13,16,20-21H,8-11,14-15,17-19H2,1-2H3,(H,32,33). The molecule has 4 rings (SSSR count). The third-order valence-corrected chi connectivity index (χ3v) is 6.86. The van der Waals surface area contributed by atoms with E-state index in [0.717, 1.165) is 66.7 Å². The van der Waals surface area contributed by atoms with Gasteiger partial charge in [0.1, 0.15) is 12.3 Å². The number of aromatic nitrogens is 3. The number of hydrogen-bond acceptors (Lipinski definition) is 6. The predicted octanol–water partition coefficient (Wildman–Crippen LogP) is 4.72. The highest BCUT2D eigenvalue weighted by molar-refractivity contribution is 5.82. The van der Waals surface area contributed by atoms with Crippen molar-refractivity contribution in [1.82, 2.24) is 14.8 Å². The van der Waals surface area contributed by atoms with Crippen LogP contribution in [0.5, 0.6) is 5.88 Å². The Labute approximate surface area is 212 Å². The fourth-order valence-electron chi connectivity index (χ4n) is 4.99. The number of carboxylic acids is 1. The van der Waals surface area contributed by atoms with Gasteiger partial charge in [0.05, 0.1) is 20.3 Å². The second kappa shape index (κ2) is 12.6. The van der Waals surface area contributed by atoms with Crippen LogP contribution in [0.1, 0.15) is 31.4 Å². The van der Waals surface area contributed by atoms with Crippen molar-refractivity contribution in [2.75, 3.05) is 34.0 Å². The predicted molar refractivity (Wildman–Crippen MR) is 137 cm³/mol. The van der Waals surface area contributed by atoms with Crippen LogP contribution in [-0.4, -0.2) is 59.9 Å². The number of aliphatic carboxylic acids is 1. The van der Waals surface area contributed by atoms with Crippen molar-refractivity contribution in [2.45, 2.75) is 38.6 Å². The van der Waals surface area contributed by atoms with Crippen LogP contribution in [0, 0.1) is 11.8 Å². The molecule has 0 atom stereocenters. The van der Waals surface area contributed by atoms with Crippen LogP contribution < -0.4 is 4.74 Å². The molecular weight excluding hydrogens is 458 g/mol. The van der Waals surface area contributed by atoms with Gasteiger partial charge in [0.15, 0.2) is 0 Å². The largest absolute Gasteiger partial charge is 0.481 e. The normalized spacial score (nSPS) is 17.7. The zero-order chi connectivity index (χ0) is 25.3. The maximum Gasteiger partial charge on any atom is 0.329 e. The minimum atomic E-state index is -0.914. The molecule has 0 saturated heterocycles. The Morgan fingerprint density at radius 2 is 1.78 bits per heavy atom. The highest BCUT2D eigenvalue weighted by atomic mass is 16.5. The van der Waals surface area contributed by atoms with Gasteiger partial charge in [-0.2, -0.15) is 5.10 Å². The van der Waals surface area contributed by atoms with E-state index in [1.807, 2.05) is 36.5 Å². The van der Waals surface area contributed by atoms with Crippen LogP contribution in [0.2, 0.25) is 0 Å². The van der Waals surface area contributed by atoms with Crippen molar-refractivity contribution in [2.24, 2.45) is 11.8 Å². The summed E-state index contributed by atoms with van der Waals surface area (Å²) in [5.41, 5.74) is 5.26. The molecule has 0 spiro atoms. The van der Waals surface area contributed by atoms with E-state index in [9.17, 15) is 4.79 Å². The van der Waals surface area contributed by atoms with Gasteiger partial charge in [-0.1, -0.05) is 30.3 Å². The van der Waals surface area contributed by atoms with Gasteiger partial charge in [-0.05, 0) is 43.6 Å². The molecule has 1 saturated carbocycles. The molecule has 192 valence electrons. The van der Waals surface area contributed by atoms with Crippen LogP contribution in [-0.2, 0) is 27.2 Å². The van der Waals surface area contributed by atoms with Gasteiger partial charge in [0, 0.05) is 54.7 Å². The van der Waals surface area contributed by atoms with Crippen LogP contribution >= 0.6 is 0 Å². The number of benzene rings is 1. The van der Waals surface area contributed by atoms with Crippen molar-refractivity contribution in [3.63, 3.8) is 0 Å². The van der Waals surface area contributed by atoms with E-state index >= 15 is 0 Å². The van der Waals surface area contributed by atoms with Gasteiger partial charge >= 0.3 is 5.97 Å². The Morgan fingerprint density at radius 1 is 1.03 bits per heavy atom. The summed E-state index contributed by atoms with van der Waals surface area (Å²) in [7, 11) is 3.34. The van der Waals surface area contributed by atoms with Crippen LogP contribution in [0.3, 0.4) is 0 Å². The van der Waals surface area contributed by atoms with Crippen molar-refractivity contribution in [1.29, 1.82) is 0 Å². The molecule has 1 N–H and O–H groups in total. The highest BCUT2D eigenvalue weighted by Crippen LogP contribution is 2.37. The molecule has 0 unspecified atom stereocenters. The maximum atomic E-state index is 10.7. The monoisotopic (exact) mass is 493 g/mol. The summed E-state index contributed by atoms with van der Waals surface area (Å²) < 4.78 is 18.3. The first-order valence-corrected chi connectivity index (χ1v) is 12.5. The quantitative estimate of drug-likeness (QED) is 0.390. The number of carbonyl (C=O) groups is 1. The average molecular weight is 494 g/mol. The fraction of sp³-hybridized carbons (Fsp3) is 0.464. The smallest absolute Gasteiger partial charge is 0.329 e. The Balaban J connectivity index is 1.60. The number of methoxy groups -OCH3 is 2. The molecule has 1 aliphatic rings. The first-order chi connectivity index (χ1) is 17.6. The van der Waals surface area contributed by atoms with Crippen LogP contribution in [0.25, 0.3) is 22.4 Å². The summed E-state index contributed by atoms with van der Waals surface area (Å²) >= 11 is 0. The third kappa shape index (κ3) is 6.50. The second-order valence-electron chi connectivity index (χ2n) is 9.35. The number of ether oxygens (including phenoxy) is 3. The number of pyridine rings is 1. The van der Waals surface area contributed by atoms with Gasteiger partial charge in [-0.25, -0.2) is 9.78 Å². The molecule has 1 aliphatic carbocycles. The molecule has 36 heavy (non-hydrogen) atoms. The molecule has 3 aromatic rings. The van der Waals surface area contributed by atoms with Crippen LogP contribution in [0.15, 0.2) is 48.7 Å². The number of rotatable bonds is 12. The Bertz CT molecular complexity index is 1110. The molecule has 0 amide bonds. The maximum absolute atomic E-state index is 10.7. The van der Waals surface area contributed by atoms with E-state index in [-0.39, 0.29) is 6.61 Å². The van der Waals surface area contributed by atoms with E-state index in [0.29, 0.717) is 30.9 Å². The summed E-state index contributed by atoms with van der Waals surface area (Å²) in [4.78, 5) is 15.2. The van der Waals surface area contributed by atoms with Crippen molar-refractivity contribution in [3.8, 4) is 28.3 Å². The SMILES string of the molecule is COCCc1c(-c2ccc(OC)nc2)c(-c2ccccc2)nn1CC1CCC(COCC(=O)O)CC1. The Morgan fingerprint density at radius 3 is 2.42 bits per heavy atom. The topological polar surface area (TPSA) is 95.7 Å². The fourth-order valence-corrected chi connectivity index (χ4v) is 4.99. The number of nitrogens with zero attached hydrogens (tertiary/aromatic N) is 3. The van der Waals surface area contributed by atoms with Gasteiger partial charge in [-0.3, -0.25) is 4.68 Å². The molecule has 0 bridgehead atoms. The van der Waals surface area contributed by atoms with Gasteiger partial charge < -0.3 is 19.3 Å². The van der Waals surface area contributed by atoms with E-state index in [4.69, 9.17) is 24.4 Å². The molecule has 0 radical (unpaired) electrons. The first kappa shape index (κ1) is 25.9. The van der Waals surface area contributed by atoms with E-state index in [1.165, 1.54) is 0 Å². The third-order valence-electron chi connectivity index (χ3n) is 6.86. The lowest BCUT2D eigenvalue weighted by Gasteiger charge is -2.28.